The van der Waals surface area contributed by atoms with Crippen molar-refractivity contribution in [2.45, 2.75) is 19.4 Å². The van der Waals surface area contributed by atoms with E-state index in [1.54, 1.807) is 7.11 Å². The van der Waals surface area contributed by atoms with Gasteiger partial charge in [0.05, 0.1) is 31.2 Å². The Morgan fingerprint density at radius 3 is 2.32 bits per heavy atom. The molecule has 142 valence electrons. The predicted molar refractivity (Wildman–Crippen MR) is 113 cm³/mol. The Morgan fingerprint density at radius 2 is 1.64 bits per heavy atom. The lowest BCUT2D eigenvalue weighted by Gasteiger charge is -2.24. The maximum atomic E-state index is 5.68. The standard InChI is InChI=1S/C24H24N2O2/c1-3-28-23-15-14-19(16-24(23)27-2)22-17-21(18-10-6-4-7-11-18)25-26(22)20-12-8-5-9-13-20/h4-16,22H,3,17H2,1-2H3. The summed E-state index contributed by atoms with van der Waals surface area (Å²) in [6.45, 7) is 2.58. The Morgan fingerprint density at radius 1 is 0.929 bits per heavy atom. The van der Waals surface area contributed by atoms with Gasteiger partial charge in [0.2, 0.25) is 0 Å². The summed E-state index contributed by atoms with van der Waals surface area (Å²) in [6, 6.07) is 26.9. The van der Waals surface area contributed by atoms with Crippen LogP contribution < -0.4 is 14.5 Å². The lowest BCUT2D eigenvalue weighted by atomic mass is 9.98. The van der Waals surface area contributed by atoms with Gasteiger partial charge in [-0.05, 0) is 42.3 Å². The molecule has 3 aromatic rings. The molecule has 1 aliphatic heterocycles. The molecular weight excluding hydrogens is 348 g/mol. The van der Waals surface area contributed by atoms with Crippen LogP contribution in [0.3, 0.4) is 0 Å². The SMILES string of the molecule is CCOc1ccc(C2CC(c3ccccc3)=NN2c2ccccc2)cc1OC. The third-order valence-electron chi connectivity index (χ3n) is 4.91. The van der Waals surface area contributed by atoms with Crippen LogP contribution in [0.5, 0.6) is 11.5 Å². The lowest BCUT2D eigenvalue weighted by Crippen LogP contribution is -2.18. The molecule has 0 radical (unpaired) electrons. The molecule has 0 amide bonds. The van der Waals surface area contributed by atoms with E-state index in [0.717, 1.165) is 40.4 Å². The lowest BCUT2D eigenvalue weighted by molar-refractivity contribution is 0.310. The average Bonchev–Trinajstić information content (AvgIpc) is 3.21. The number of anilines is 1. The number of methoxy groups -OCH3 is 1. The van der Waals surface area contributed by atoms with Crippen LogP contribution in [-0.2, 0) is 0 Å². The zero-order valence-corrected chi connectivity index (χ0v) is 16.2. The quantitative estimate of drug-likeness (QED) is 0.577. The fourth-order valence-electron chi connectivity index (χ4n) is 3.56. The van der Waals surface area contributed by atoms with Gasteiger partial charge in [0.15, 0.2) is 11.5 Å². The number of para-hydroxylation sites is 1. The molecule has 4 rings (SSSR count). The minimum atomic E-state index is 0.0992. The fourth-order valence-corrected chi connectivity index (χ4v) is 3.56. The first kappa shape index (κ1) is 18.1. The highest BCUT2D eigenvalue weighted by atomic mass is 16.5. The van der Waals surface area contributed by atoms with Gasteiger partial charge in [-0.2, -0.15) is 5.10 Å². The van der Waals surface area contributed by atoms with E-state index in [-0.39, 0.29) is 6.04 Å². The molecule has 4 heteroatoms. The van der Waals surface area contributed by atoms with Gasteiger partial charge in [-0.25, -0.2) is 0 Å². The Bertz CT molecular complexity index is 955. The van der Waals surface area contributed by atoms with Crippen LogP contribution >= 0.6 is 0 Å². The summed E-state index contributed by atoms with van der Waals surface area (Å²) in [5, 5.41) is 7.09. The molecule has 1 unspecified atom stereocenters. The van der Waals surface area contributed by atoms with E-state index >= 15 is 0 Å². The summed E-state index contributed by atoms with van der Waals surface area (Å²) < 4.78 is 11.2. The molecule has 1 aliphatic rings. The summed E-state index contributed by atoms with van der Waals surface area (Å²) in [7, 11) is 1.68. The number of rotatable bonds is 6. The zero-order chi connectivity index (χ0) is 19.3. The fraction of sp³-hybridized carbons (Fsp3) is 0.208. The first-order valence-electron chi connectivity index (χ1n) is 9.58. The van der Waals surface area contributed by atoms with Gasteiger partial charge in [-0.1, -0.05) is 54.6 Å². The molecule has 28 heavy (non-hydrogen) atoms. The number of hydrogen-bond donors (Lipinski definition) is 0. The molecule has 0 N–H and O–H groups in total. The number of nitrogens with zero attached hydrogens (tertiary/aromatic N) is 2. The van der Waals surface area contributed by atoms with Crippen LogP contribution in [0.25, 0.3) is 0 Å². The van der Waals surface area contributed by atoms with Crippen molar-refractivity contribution in [2.24, 2.45) is 5.10 Å². The van der Waals surface area contributed by atoms with E-state index in [1.165, 1.54) is 0 Å². The third-order valence-corrected chi connectivity index (χ3v) is 4.91. The van der Waals surface area contributed by atoms with E-state index in [0.29, 0.717) is 6.61 Å². The van der Waals surface area contributed by atoms with Crippen LogP contribution in [0, 0.1) is 0 Å². The molecule has 0 spiro atoms. The van der Waals surface area contributed by atoms with E-state index in [1.807, 2.05) is 37.3 Å². The predicted octanol–water partition coefficient (Wildman–Crippen LogP) is 5.45. The van der Waals surface area contributed by atoms with Crippen LogP contribution in [0.2, 0.25) is 0 Å². The van der Waals surface area contributed by atoms with Crippen molar-refractivity contribution >= 4 is 11.4 Å². The Labute approximate surface area is 166 Å². The first-order valence-corrected chi connectivity index (χ1v) is 9.58. The first-order chi connectivity index (χ1) is 13.8. The highest BCUT2D eigenvalue weighted by Crippen LogP contribution is 2.39. The number of hydrogen-bond acceptors (Lipinski definition) is 4. The minimum Gasteiger partial charge on any atom is -0.493 e. The maximum absolute atomic E-state index is 5.68. The highest BCUT2D eigenvalue weighted by molar-refractivity contribution is 6.03. The molecule has 4 nitrogen and oxygen atoms in total. The van der Waals surface area contributed by atoms with Crippen molar-refractivity contribution in [3.05, 3.63) is 90.0 Å². The molecule has 1 atom stereocenters. The van der Waals surface area contributed by atoms with Gasteiger partial charge >= 0.3 is 0 Å². The number of hydrazone groups is 1. The van der Waals surface area contributed by atoms with E-state index in [2.05, 4.69) is 53.5 Å². The Balaban J connectivity index is 1.73. The summed E-state index contributed by atoms with van der Waals surface area (Å²) >= 11 is 0. The average molecular weight is 372 g/mol. The second-order valence-corrected chi connectivity index (χ2v) is 6.66. The van der Waals surface area contributed by atoms with Crippen molar-refractivity contribution in [1.29, 1.82) is 0 Å². The topological polar surface area (TPSA) is 34.1 Å². The van der Waals surface area contributed by atoms with E-state index in [4.69, 9.17) is 14.6 Å². The Hall–Kier alpha value is -3.27. The molecule has 0 saturated carbocycles. The smallest absolute Gasteiger partial charge is 0.161 e. The van der Waals surface area contributed by atoms with Gasteiger partial charge in [0.1, 0.15) is 0 Å². The summed E-state index contributed by atoms with van der Waals surface area (Å²) in [5.74, 6) is 1.52. The van der Waals surface area contributed by atoms with Crippen LogP contribution in [-0.4, -0.2) is 19.4 Å². The van der Waals surface area contributed by atoms with E-state index in [9.17, 15) is 0 Å². The molecule has 0 aromatic heterocycles. The summed E-state index contributed by atoms with van der Waals surface area (Å²) in [4.78, 5) is 0. The second-order valence-electron chi connectivity index (χ2n) is 6.66. The van der Waals surface area contributed by atoms with Crippen molar-refractivity contribution in [3.63, 3.8) is 0 Å². The summed E-state index contributed by atoms with van der Waals surface area (Å²) in [5.41, 5.74) is 4.47. The molecular formula is C24H24N2O2. The van der Waals surface area contributed by atoms with Gasteiger partial charge < -0.3 is 9.47 Å². The molecule has 0 fully saturated rings. The second kappa shape index (κ2) is 8.17. The largest absolute Gasteiger partial charge is 0.493 e. The Kier molecular flexibility index (Phi) is 5.29. The van der Waals surface area contributed by atoms with Gasteiger partial charge in [0, 0.05) is 6.42 Å². The monoisotopic (exact) mass is 372 g/mol. The van der Waals surface area contributed by atoms with Crippen molar-refractivity contribution < 1.29 is 9.47 Å². The normalized spacial score (nSPS) is 16.0. The van der Waals surface area contributed by atoms with Crippen molar-refractivity contribution in [2.75, 3.05) is 18.7 Å². The third kappa shape index (κ3) is 3.58. The van der Waals surface area contributed by atoms with Crippen LogP contribution in [0.15, 0.2) is 84.0 Å². The van der Waals surface area contributed by atoms with Crippen LogP contribution in [0.1, 0.15) is 30.5 Å². The highest BCUT2D eigenvalue weighted by Gasteiger charge is 2.30. The van der Waals surface area contributed by atoms with Crippen LogP contribution in [0.4, 0.5) is 5.69 Å². The molecule has 0 aliphatic carbocycles. The van der Waals surface area contributed by atoms with Crippen molar-refractivity contribution in [3.8, 4) is 11.5 Å². The minimum absolute atomic E-state index is 0.0992. The van der Waals surface area contributed by atoms with Gasteiger partial charge in [-0.3, -0.25) is 5.01 Å². The van der Waals surface area contributed by atoms with Crippen molar-refractivity contribution in [1.82, 2.24) is 0 Å². The molecule has 1 heterocycles. The van der Waals surface area contributed by atoms with E-state index < -0.39 is 0 Å². The number of ether oxygens (including phenoxy) is 2. The molecule has 0 saturated heterocycles. The van der Waals surface area contributed by atoms with Gasteiger partial charge in [-0.15, -0.1) is 0 Å². The number of benzene rings is 3. The summed E-state index contributed by atoms with van der Waals surface area (Å²) in [6.07, 6.45) is 0.829. The molecule has 3 aromatic carbocycles. The maximum Gasteiger partial charge on any atom is 0.161 e. The van der Waals surface area contributed by atoms with Gasteiger partial charge in [0.25, 0.3) is 0 Å². The molecule has 0 bridgehead atoms. The zero-order valence-electron chi connectivity index (χ0n) is 16.2.